The summed E-state index contributed by atoms with van der Waals surface area (Å²) >= 11 is 0. The molecule has 0 amide bonds. The molecule has 0 aromatic rings. The van der Waals surface area contributed by atoms with Crippen LogP contribution in [0.3, 0.4) is 0 Å². The van der Waals surface area contributed by atoms with Gasteiger partial charge in [0.1, 0.15) is 6.10 Å². The van der Waals surface area contributed by atoms with Crippen molar-refractivity contribution in [1.29, 1.82) is 0 Å². The Balaban J connectivity index is 4.47. The summed E-state index contributed by atoms with van der Waals surface area (Å²) in [4.78, 5) is 11.8. The number of carbonyl (C=O) groups excluding carboxylic acids is 1. The first kappa shape index (κ1) is 16.9. The maximum atomic E-state index is 11.8. The molecule has 0 unspecified atom stereocenters. The molecule has 0 saturated heterocycles. The van der Waals surface area contributed by atoms with Gasteiger partial charge < -0.3 is 14.9 Å². The summed E-state index contributed by atoms with van der Waals surface area (Å²) in [5.74, 6) is -1.42. The zero-order valence-electron chi connectivity index (χ0n) is 11.6. The van der Waals surface area contributed by atoms with E-state index in [4.69, 9.17) is 4.74 Å². The van der Waals surface area contributed by atoms with E-state index < -0.39 is 30.2 Å². The lowest BCUT2D eigenvalue weighted by Crippen LogP contribution is -2.37. The second-order valence-corrected chi connectivity index (χ2v) is 4.81. The van der Waals surface area contributed by atoms with E-state index >= 15 is 0 Å². The smallest absolute Gasteiger partial charge is 0.311 e. The molecule has 4 heteroatoms. The summed E-state index contributed by atoms with van der Waals surface area (Å²) in [6, 6.07) is 0. The van der Waals surface area contributed by atoms with Crippen molar-refractivity contribution in [2.45, 2.75) is 46.0 Å². The summed E-state index contributed by atoms with van der Waals surface area (Å²) in [7, 11) is 0. The molecule has 0 spiro atoms. The molecule has 0 bridgehead atoms. The average molecular weight is 256 g/mol. The quantitative estimate of drug-likeness (QED) is 0.537. The van der Waals surface area contributed by atoms with Crippen LogP contribution in [0.25, 0.3) is 0 Å². The number of aliphatic hydroxyl groups is 2. The predicted octanol–water partition coefficient (Wildman–Crippen LogP) is 1.67. The van der Waals surface area contributed by atoms with Gasteiger partial charge in [0.2, 0.25) is 0 Å². The highest BCUT2D eigenvalue weighted by molar-refractivity contribution is 5.73. The molecular weight excluding hydrogens is 232 g/mol. The van der Waals surface area contributed by atoms with Crippen LogP contribution in [-0.2, 0) is 9.53 Å². The molecule has 5 atom stereocenters. The number of ether oxygens (including phenoxy) is 1. The van der Waals surface area contributed by atoms with Crippen LogP contribution < -0.4 is 0 Å². The SMILES string of the molecule is C=C[C@H](C)[C@@H](O)[C@H](C)OC(=O)[C@H](C)[C@@H](O)C(=C)C. The van der Waals surface area contributed by atoms with Crippen LogP contribution in [0.4, 0.5) is 0 Å². The van der Waals surface area contributed by atoms with Crippen molar-refractivity contribution < 1.29 is 19.7 Å². The monoisotopic (exact) mass is 256 g/mol. The molecule has 4 nitrogen and oxygen atoms in total. The second kappa shape index (κ2) is 7.34. The van der Waals surface area contributed by atoms with Gasteiger partial charge in [0.05, 0.1) is 18.1 Å². The minimum atomic E-state index is -0.932. The van der Waals surface area contributed by atoms with E-state index in [0.29, 0.717) is 5.57 Å². The highest BCUT2D eigenvalue weighted by atomic mass is 16.6. The Morgan fingerprint density at radius 1 is 1.28 bits per heavy atom. The Bertz CT molecular complexity index is 311. The maximum Gasteiger partial charge on any atom is 0.311 e. The molecular formula is C14H24O4. The van der Waals surface area contributed by atoms with Gasteiger partial charge >= 0.3 is 5.97 Å². The van der Waals surface area contributed by atoms with Crippen molar-refractivity contribution in [1.82, 2.24) is 0 Å². The standard InChI is InChI=1S/C14H24O4/c1-7-9(4)13(16)11(6)18-14(17)10(5)12(15)8(2)3/h7,9-13,15-16H,1-2H2,3-6H3/t9-,10+,11-,12-,13+/m0/s1. The van der Waals surface area contributed by atoms with Crippen molar-refractivity contribution in [3.63, 3.8) is 0 Å². The molecule has 104 valence electrons. The predicted molar refractivity (Wildman–Crippen MR) is 70.9 cm³/mol. The fourth-order valence-corrected chi connectivity index (χ4v) is 1.48. The first-order valence-corrected chi connectivity index (χ1v) is 6.06. The summed E-state index contributed by atoms with van der Waals surface area (Å²) in [6.45, 7) is 13.8. The number of aliphatic hydroxyl groups excluding tert-OH is 2. The highest BCUT2D eigenvalue weighted by Gasteiger charge is 2.28. The minimum Gasteiger partial charge on any atom is -0.460 e. The van der Waals surface area contributed by atoms with Gasteiger partial charge in [-0.15, -0.1) is 6.58 Å². The molecule has 0 radical (unpaired) electrons. The maximum absolute atomic E-state index is 11.8. The van der Waals surface area contributed by atoms with E-state index in [1.165, 1.54) is 0 Å². The summed E-state index contributed by atoms with van der Waals surface area (Å²) in [6.07, 6.45) is -0.786. The van der Waals surface area contributed by atoms with Gasteiger partial charge in [0.25, 0.3) is 0 Å². The Morgan fingerprint density at radius 2 is 1.78 bits per heavy atom. The molecule has 0 fully saturated rings. The lowest BCUT2D eigenvalue weighted by atomic mass is 9.98. The lowest BCUT2D eigenvalue weighted by molar-refractivity contribution is -0.162. The van der Waals surface area contributed by atoms with E-state index in [9.17, 15) is 15.0 Å². The molecule has 0 aromatic carbocycles. The summed E-state index contributed by atoms with van der Waals surface area (Å²) in [5.41, 5.74) is 0.507. The molecule has 0 rings (SSSR count). The van der Waals surface area contributed by atoms with E-state index in [2.05, 4.69) is 13.2 Å². The highest BCUT2D eigenvalue weighted by Crippen LogP contribution is 2.16. The molecule has 0 aliphatic heterocycles. The third kappa shape index (κ3) is 4.63. The zero-order chi connectivity index (χ0) is 14.5. The normalized spacial score (nSPS) is 19.2. The molecule has 0 aliphatic rings. The van der Waals surface area contributed by atoms with E-state index in [1.54, 1.807) is 33.8 Å². The number of hydrogen-bond acceptors (Lipinski definition) is 4. The number of rotatable bonds is 7. The van der Waals surface area contributed by atoms with Gasteiger partial charge in [-0.05, 0) is 20.8 Å². The van der Waals surface area contributed by atoms with Crippen LogP contribution in [0.1, 0.15) is 27.7 Å². The summed E-state index contributed by atoms with van der Waals surface area (Å²) < 4.78 is 5.13. The Labute approximate surface area is 109 Å². The number of esters is 1. The molecule has 0 aliphatic carbocycles. The Morgan fingerprint density at radius 3 is 2.17 bits per heavy atom. The molecule has 0 saturated carbocycles. The fraction of sp³-hybridized carbons (Fsp3) is 0.643. The Kier molecular flexibility index (Phi) is 6.88. The summed E-state index contributed by atoms with van der Waals surface area (Å²) in [5, 5.41) is 19.5. The van der Waals surface area contributed by atoms with Crippen molar-refractivity contribution in [2.75, 3.05) is 0 Å². The largest absolute Gasteiger partial charge is 0.460 e. The third-order valence-electron chi connectivity index (χ3n) is 3.04. The van der Waals surface area contributed by atoms with Gasteiger partial charge in [0, 0.05) is 5.92 Å². The molecule has 2 N–H and O–H groups in total. The van der Waals surface area contributed by atoms with Crippen molar-refractivity contribution >= 4 is 5.97 Å². The van der Waals surface area contributed by atoms with Gasteiger partial charge in [-0.3, -0.25) is 4.79 Å². The van der Waals surface area contributed by atoms with E-state index in [-0.39, 0.29) is 5.92 Å². The van der Waals surface area contributed by atoms with Crippen LogP contribution in [-0.4, -0.2) is 34.5 Å². The lowest BCUT2D eigenvalue weighted by Gasteiger charge is -2.25. The van der Waals surface area contributed by atoms with E-state index in [0.717, 1.165) is 0 Å². The number of hydrogen-bond donors (Lipinski definition) is 2. The first-order valence-electron chi connectivity index (χ1n) is 6.06. The molecule has 18 heavy (non-hydrogen) atoms. The van der Waals surface area contributed by atoms with Gasteiger partial charge in [0.15, 0.2) is 0 Å². The first-order chi connectivity index (χ1) is 8.22. The van der Waals surface area contributed by atoms with Crippen LogP contribution in [0.2, 0.25) is 0 Å². The minimum absolute atomic E-state index is 0.172. The number of carbonyl (C=O) groups is 1. The van der Waals surface area contributed by atoms with Crippen LogP contribution >= 0.6 is 0 Å². The molecule has 0 aromatic heterocycles. The second-order valence-electron chi connectivity index (χ2n) is 4.81. The Hall–Kier alpha value is -1.13. The fourth-order valence-electron chi connectivity index (χ4n) is 1.48. The zero-order valence-corrected chi connectivity index (χ0v) is 11.6. The van der Waals surface area contributed by atoms with Crippen LogP contribution in [0.5, 0.6) is 0 Å². The van der Waals surface area contributed by atoms with Crippen molar-refractivity contribution in [2.24, 2.45) is 11.8 Å². The topological polar surface area (TPSA) is 66.8 Å². The van der Waals surface area contributed by atoms with Crippen molar-refractivity contribution in [3.05, 3.63) is 24.8 Å². The van der Waals surface area contributed by atoms with Gasteiger partial charge in [-0.1, -0.05) is 25.2 Å². The van der Waals surface area contributed by atoms with Crippen LogP contribution in [0, 0.1) is 11.8 Å². The average Bonchev–Trinajstić information content (AvgIpc) is 2.34. The van der Waals surface area contributed by atoms with Crippen molar-refractivity contribution in [3.8, 4) is 0 Å². The van der Waals surface area contributed by atoms with Crippen LogP contribution in [0.15, 0.2) is 24.8 Å². The van der Waals surface area contributed by atoms with Gasteiger partial charge in [-0.2, -0.15) is 0 Å². The molecule has 0 heterocycles. The van der Waals surface area contributed by atoms with E-state index in [1.807, 2.05) is 0 Å². The van der Waals surface area contributed by atoms with Gasteiger partial charge in [-0.25, -0.2) is 0 Å². The third-order valence-corrected chi connectivity index (χ3v) is 3.04.